The summed E-state index contributed by atoms with van der Waals surface area (Å²) in [6.45, 7) is 0. The third-order valence-corrected chi connectivity index (χ3v) is 3.58. The van der Waals surface area contributed by atoms with Crippen molar-refractivity contribution in [2.45, 2.75) is 0 Å². The van der Waals surface area contributed by atoms with Gasteiger partial charge in [-0.1, -0.05) is 29.8 Å². The van der Waals surface area contributed by atoms with Gasteiger partial charge in [-0.15, -0.1) is 0 Å². The van der Waals surface area contributed by atoms with E-state index >= 15 is 0 Å². The summed E-state index contributed by atoms with van der Waals surface area (Å²) in [5.74, 6) is -1.10. The van der Waals surface area contributed by atoms with Crippen molar-refractivity contribution in [1.82, 2.24) is 4.98 Å². The molecule has 5 nitrogen and oxygen atoms in total. The monoisotopic (exact) mass is 314 g/mol. The Hall–Kier alpha value is -2.79. The number of aliphatic imine (C=N–C) groups is 1. The molecule has 22 heavy (non-hydrogen) atoms. The van der Waals surface area contributed by atoms with Gasteiger partial charge in [0.05, 0.1) is 21.8 Å². The highest BCUT2D eigenvalue weighted by Crippen LogP contribution is 2.27. The molecule has 0 fully saturated rings. The van der Waals surface area contributed by atoms with Crippen molar-refractivity contribution in [3.05, 3.63) is 58.6 Å². The van der Waals surface area contributed by atoms with Crippen LogP contribution in [0.25, 0.3) is 10.9 Å². The van der Waals surface area contributed by atoms with Gasteiger partial charge in [0, 0.05) is 17.1 Å². The Morgan fingerprint density at radius 2 is 2.00 bits per heavy atom. The summed E-state index contributed by atoms with van der Waals surface area (Å²) >= 11 is 5.82. The number of carboxylic acid groups (broad SMARTS) is 1. The highest BCUT2D eigenvalue weighted by Gasteiger charge is 2.10. The van der Waals surface area contributed by atoms with Gasteiger partial charge in [-0.2, -0.15) is 0 Å². The summed E-state index contributed by atoms with van der Waals surface area (Å²) in [4.78, 5) is 18.1. The van der Waals surface area contributed by atoms with Crippen LogP contribution in [0.15, 0.2) is 47.5 Å². The molecule has 0 saturated carbocycles. The second-order valence-corrected chi connectivity index (χ2v) is 5.07. The number of hydrogen-bond donors (Lipinski definition) is 3. The Bertz CT molecular complexity index is 900. The van der Waals surface area contributed by atoms with Crippen LogP contribution in [-0.2, 0) is 0 Å². The van der Waals surface area contributed by atoms with Gasteiger partial charge in [0.2, 0.25) is 0 Å². The van der Waals surface area contributed by atoms with Crippen molar-refractivity contribution in [1.29, 1.82) is 0 Å². The maximum absolute atomic E-state index is 11.1. The normalized spacial score (nSPS) is 11.3. The van der Waals surface area contributed by atoms with E-state index in [1.807, 2.05) is 24.3 Å². The average Bonchev–Trinajstić information content (AvgIpc) is 2.81. The molecule has 0 spiro atoms. The van der Waals surface area contributed by atoms with Crippen LogP contribution in [0, 0.1) is 0 Å². The second kappa shape index (κ2) is 5.54. The Morgan fingerprint density at radius 1 is 1.23 bits per heavy atom. The predicted molar refractivity (Wildman–Crippen MR) is 85.6 cm³/mol. The lowest BCUT2D eigenvalue weighted by Gasteiger charge is -2.00. The van der Waals surface area contributed by atoms with E-state index in [4.69, 9.17) is 16.7 Å². The van der Waals surface area contributed by atoms with E-state index in [0.29, 0.717) is 11.3 Å². The number of nitrogens with zero attached hydrogens (tertiary/aromatic N) is 1. The summed E-state index contributed by atoms with van der Waals surface area (Å²) in [6, 6.07) is 11.9. The molecule has 0 aliphatic rings. The number of aromatic amines is 1. The first kappa shape index (κ1) is 14.2. The maximum atomic E-state index is 11.1. The first-order valence-electron chi connectivity index (χ1n) is 6.43. The van der Waals surface area contributed by atoms with Crippen LogP contribution in [0.1, 0.15) is 15.9 Å². The van der Waals surface area contributed by atoms with E-state index in [0.717, 1.165) is 10.9 Å². The lowest BCUT2D eigenvalue weighted by molar-refractivity contribution is 0.0697. The zero-order valence-electron chi connectivity index (χ0n) is 11.2. The summed E-state index contributed by atoms with van der Waals surface area (Å²) in [7, 11) is 0. The van der Waals surface area contributed by atoms with Crippen molar-refractivity contribution in [2.75, 3.05) is 0 Å². The maximum Gasteiger partial charge on any atom is 0.337 e. The highest BCUT2D eigenvalue weighted by atomic mass is 35.5. The fraction of sp³-hybridized carbons (Fsp3) is 0. The molecule has 0 amide bonds. The minimum Gasteiger partial charge on any atom is -0.494 e. The van der Waals surface area contributed by atoms with Crippen LogP contribution in [0.2, 0.25) is 5.02 Å². The number of halogens is 1. The Balaban J connectivity index is 2.01. The largest absolute Gasteiger partial charge is 0.494 e. The van der Waals surface area contributed by atoms with E-state index in [1.54, 1.807) is 6.07 Å². The quantitative estimate of drug-likeness (QED) is 0.639. The molecule has 110 valence electrons. The average molecular weight is 315 g/mol. The number of aromatic hydroxyl groups is 1. The summed E-state index contributed by atoms with van der Waals surface area (Å²) in [5.41, 5.74) is 1.76. The number of benzene rings is 2. The number of aromatic nitrogens is 1. The van der Waals surface area contributed by atoms with Gasteiger partial charge >= 0.3 is 5.97 Å². The van der Waals surface area contributed by atoms with E-state index in [2.05, 4.69) is 9.98 Å². The lowest BCUT2D eigenvalue weighted by atomic mass is 10.2. The molecule has 1 aromatic heterocycles. The number of fused-ring (bicyclic) bond motifs is 1. The fourth-order valence-electron chi connectivity index (χ4n) is 2.18. The third kappa shape index (κ3) is 2.54. The zero-order valence-corrected chi connectivity index (χ0v) is 12.0. The van der Waals surface area contributed by atoms with Gasteiger partial charge in [0.15, 0.2) is 5.88 Å². The fourth-order valence-corrected chi connectivity index (χ4v) is 2.38. The number of carboxylic acids is 1. The molecule has 2 aromatic carbocycles. The molecule has 0 aliphatic carbocycles. The van der Waals surface area contributed by atoms with Crippen LogP contribution in [0.4, 0.5) is 5.69 Å². The Morgan fingerprint density at radius 3 is 2.77 bits per heavy atom. The number of hydrogen-bond acceptors (Lipinski definition) is 3. The third-order valence-electron chi connectivity index (χ3n) is 3.25. The first-order valence-corrected chi connectivity index (χ1v) is 6.80. The first-order chi connectivity index (χ1) is 10.6. The summed E-state index contributed by atoms with van der Waals surface area (Å²) in [6.07, 6.45) is 1.49. The SMILES string of the molecule is O=C(O)c1cc(N=Cc2c(O)[nH]c3ccccc23)ccc1Cl. The zero-order chi connectivity index (χ0) is 15.7. The van der Waals surface area contributed by atoms with Gasteiger partial charge in [-0.25, -0.2) is 4.79 Å². The van der Waals surface area contributed by atoms with Crippen molar-refractivity contribution >= 4 is 40.4 Å². The van der Waals surface area contributed by atoms with Crippen LogP contribution in [0.3, 0.4) is 0 Å². The number of rotatable bonds is 3. The van der Waals surface area contributed by atoms with E-state index in [9.17, 15) is 9.90 Å². The number of para-hydroxylation sites is 1. The van der Waals surface area contributed by atoms with E-state index < -0.39 is 5.97 Å². The molecule has 0 atom stereocenters. The smallest absolute Gasteiger partial charge is 0.337 e. The molecule has 0 unspecified atom stereocenters. The standard InChI is InChI=1S/C16H11ClN2O3/c17-13-6-5-9(7-11(13)16(21)22)18-8-12-10-3-1-2-4-14(10)19-15(12)20/h1-8,19-20H,(H,21,22). The second-order valence-electron chi connectivity index (χ2n) is 4.66. The number of aromatic carboxylic acids is 1. The molecule has 3 aromatic rings. The molecule has 0 aliphatic heterocycles. The van der Waals surface area contributed by atoms with Gasteiger partial charge in [-0.05, 0) is 24.3 Å². The molecule has 0 saturated heterocycles. The van der Waals surface area contributed by atoms with Crippen molar-refractivity contribution in [3.63, 3.8) is 0 Å². The molecule has 0 radical (unpaired) electrons. The van der Waals surface area contributed by atoms with Gasteiger partial charge in [0.25, 0.3) is 0 Å². The topological polar surface area (TPSA) is 85.7 Å². The minimum atomic E-state index is -1.11. The molecular weight excluding hydrogens is 304 g/mol. The highest BCUT2D eigenvalue weighted by molar-refractivity contribution is 6.33. The Labute approximate surface area is 130 Å². The van der Waals surface area contributed by atoms with Crippen LogP contribution in [-0.4, -0.2) is 27.4 Å². The minimum absolute atomic E-state index is 0.0115. The van der Waals surface area contributed by atoms with Crippen molar-refractivity contribution in [3.8, 4) is 5.88 Å². The Kier molecular flexibility index (Phi) is 3.56. The number of H-pyrrole nitrogens is 1. The van der Waals surface area contributed by atoms with E-state index in [1.165, 1.54) is 18.3 Å². The molecule has 3 rings (SSSR count). The van der Waals surface area contributed by atoms with E-state index in [-0.39, 0.29) is 16.5 Å². The number of carbonyl (C=O) groups is 1. The van der Waals surface area contributed by atoms with Crippen LogP contribution in [0.5, 0.6) is 5.88 Å². The van der Waals surface area contributed by atoms with Gasteiger partial charge in [-0.3, -0.25) is 4.99 Å². The van der Waals surface area contributed by atoms with Crippen LogP contribution < -0.4 is 0 Å². The number of nitrogens with one attached hydrogen (secondary N) is 1. The molecular formula is C16H11ClN2O3. The summed E-state index contributed by atoms with van der Waals surface area (Å²) < 4.78 is 0. The molecule has 1 heterocycles. The lowest BCUT2D eigenvalue weighted by Crippen LogP contribution is -1.96. The van der Waals surface area contributed by atoms with Crippen molar-refractivity contribution in [2.24, 2.45) is 4.99 Å². The molecule has 0 bridgehead atoms. The van der Waals surface area contributed by atoms with Gasteiger partial charge < -0.3 is 15.2 Å². The van der Waals surface area contributed by atoms with Crippen molar-refractivity contribution < 1.29 is 15.0 Å². The molecule has 6 heteroatoms. The van der Waals surface area contributed by atoms with Crippen LogP contribution >= 0.6 is 11.6 Å². The predicted octanol–water partition coefficient (Wildman–Crippen LogP) is 3.98. The molecule has 3 N–H and O–H groups in total. The summed E-state index contributed by atoms with van der Waals surface area (Å²) in [5, 5.41) is 20.0. The van der Waals surface area contributed by atoms with Gasteiger partial charge in [0.1, 0.15) is 0 Å².